The molecule has 2 aromatic carbocycles. The molecule has 0 bridgehead atoms. The van der Waals surface area contributed by atoms with Crippen LogP contribution in [0.25, 0.3) is 0 Å². The lowest BCUT2D eigenvalue weighted by atomic mass is 10.1. The monoisotopic (exact) mass is 386 g/mol. The highest BCUT2D eigenvalue weighted by Crippen LogP contribution is 2.22. The van der Waals surface area contributed by atoms with Gasteiger partial charge in [0.2, 0.25) is 0 Å². The molecular weight excluding hydrogens is 360 g/mol. The number of rotatable bonds is 6. The number of aromatic nitrogens is 1. The number of carbonyl (C=O) groups excluding carboxylic acids is 1. The van der Waals surface area contributed by atoms with Gasteiger partial charge in [0.05, 0.1) is 11.9 Å². The van der Waals surface area contributed by atoms with E-state index in [4.69, 9.17) is 0 Å². The number of pyridine rings is 1. The number of amides is 1. The lowest BCUT2D eigenvalue weighted by molar-refractivity contribution is 0.102. The maximum atomic E-state index is 12.5. The first-order chi connectivity index (χ1) is 14.2. The summed E-state index contributed by atoms with van der Waals surface area (Å²) in [5.74, 6) is -0.204. The average Bonchev–Trinajstić information content (AvgIpc) is 3.28. The Kier molecular flexibility index (Phi) is 5.75. The molecule has 29 heavy (non-hydrogen) atoms. The Morgan fingerprint density at radius 1 is 1.00 bits per heavy atom. The highest BCUT2D eigenvalue weighted by atomic mass is 16.1. The van der Waals surface area contributed by atoms with Crippen molar-refractivity contribution in [3.63, 3.8) is 0 Å². The van der Waals surface area contributed by atoms with Gasteiger partial charge in [0.25, 0.3) is 5.91 Å². The number of nitrogens with one attached hydrogen (secondary N) is 2. The van der Waals surface area contributed by atoms with E-state index in [9.17, 15) is 4.79 Å². The molecule has 4 rings (SSSR count). The summed E-state index contributed by atoms with van der Waals surface area (Å²) in [6, 6.07) is 20.0. The van der Waals surface area contributed by atoms with Gasteiger partial charge in [-0.25, -0.2) is 4.98 Å². The van der Waals surface area contributed by atoms with Gasteiger partial charge < -0.3 is 15.5 Å². The lowest BCUT2D eigenvalue weighted by Gasteiger charge is -2.17. The predicted molar refractivity (Wildman–Crippen MR) is 119 cm³/mol. The van der Waals surface area contributed by atoms with Gasteiger partial charge in [-0.2, -0.15) is 0 Å². The Morgan fingerprint density at radius 2 is 1.76 bits per heavy atom. The van der Waals surface area contributed by atoms with Crippen LogP contribution in [-0.2, 0) is 6.54 Å². The first kappa shape index (κ1) is 19.0. The van der Waals surface area contributed by atoms with Crippen molar-refractivity contribution in [3.8, 4) is 0 Å². The summed E-state index contributed by atoms with van der Waals surface area (Å²) in [6.07, 6.45) is 4.20. The number of carbonyl (C=O) groups is 1. The quantitative estimate of drug-likeness (QED) is 0.636. The molecule has 0 aliphatic carbocycles. The van der Waals surface area contributed by atoms with E-state index in [1.54, 1.807) is 12.3 Å². The third-order valence-corrected chi connectivity index (χ3v) is 5.17. The molecule has 5 heteroatoms. The van der Waals surface area contributed by atoms with E-state index in [0.717, 1.165) is 31.0 Å². The third kappa shape index (κ3) is 4.93. The minimum atomic E-state index is -0.204. The summed E-state index contributed by atoms with van der Waals surface area (Å²) < 4.78 is 0. The van der Waals surface area contributed by atoms with Crippen LogP contribution in [0, 0.1) is 6.92 Å². The molecule has 1 saturated heterocycles. The van der Waals surface area contributed by atoms with E-state index in [-0.39, 0.29) is 5.91 Å². The van der Waals surface area contributed by atoms with Crippen LogP contribution in [0.5, 0.6) is 0 Å². The zero-order valence-electron chi connectivity index (χ0n) is 16.7. The van der Waals surface area contributed by atoms with Gasteiger partial charge >= 0.3 is 0 Å². The zero-order valence-corrected chi connectivity index (χ0v) is 16.7. The molecule has 1 aliphatic rings. The Balaban J connectivity index is 1.33. The molecule has 148 valence electrons. The van der Waals surface area contributed by atoms with Gasteiger partial charge in [0, 0.05) is 31.0 Å². The molecule has 0 spiro atoms. The van der Waals surface area contributed by atoms with Crippen LogP contribution in [0.4, 0.5) is 17.1 Å². The van der Waals surface area contributed by atoms with Crippen LogP contribution in [0.15, 0.2) is 66.9 Å². The lowest BCUT2D eigenvalue weighted by Crippen LogP contribution is -2.17. The standard InChI is InChI=1S/C24H26N4O/c1-18-5-4-6-19(15-18)16-25-21-9-12-23(26-17-21)24(29)27-20-7-10-22(11-8-20)28-13-2-3-14-28/h4-12,15,17,25H,2-3,13-14,16H2,1H3,(H,27,29). The molecule has 1 aliphatic heterocycles. The molecular formula is C24H26N4O. The maximum Gasteiger partial charge on any atom is 0.274 e. The van der Waals surface area contributed by atoms with Crippen molar-refractivity contribution in [1.82, 2.24) is 4.98 Å². The Bertz CT molecular complexity index is 961. The summed E-state index contributed by atoms with van der Waals surface area (Å²) in [5.41, 5.74) is 5.73. The molecule has 0 radical (unpaired) electrons. The average molecular weight is 386 g/mol. The second-order valence-electron chi connectivity index (χ2n) is 7.47. The minimum absolute atomic E-state index is 0.204. The van der Waals surface area contributed by atoms with Crippen LogP contribution in [-0.4, -0.2) is 24.0 Å². The fourth-order valence-electron chi connectivity index (χ4n) is 3.59. The van der Waals surface area contributed by atoms with Crippen molar-refractivity contribution in [1.29, 1.82) is 0 Å². The van der Waals surface area contributed by atoms with Crippen molar-refractivity contribution in [2.24, 2.45) is 0 Å². The van der Waals surface area contributed by atoms with Crippen LogP contribution < -0.4 is 15.5 Å². The molecule has 2 heterocycles. The van der Waals surface area contributed by atoms with E-state index < -0.39 is 0 Å². The number of aryl methyl sites for hydroxylation is 1. The molecule has 0 unspecified atom stereocenters. The van der Waals surface area contributed by atoms with Gasteiger partial charge in [-0.15, -0.1) is 0 Å². The number of hydrogen-bond donors (Lipinski definition) is 2. The van der Waals surface area contributed by atoms with Crippen molar-refractivity contribution in [2.45, 2.75) is 26.3 Å². The number of nitrogens with zero attached hydrogens (tertiary/aromatic N) is 2. The van der Waals surface area contributed by atoms with Crippen molar-refractivity contribution in [2.75, 3.05) is 28.6 Å². The van der Waals surface area contributed by atoms with Crippen LogP contribution in [0.2, 0.25) is 0 Å². The molecule has 1 amide bonds. The van der Waals surface area contributed by atoms with E-state index in [2.05, 4.69) is 63.8 Å². The Morgan fingerprint density at radius 3 is 2.45 bits per heavy atom. The van der Waals surface area contributed by atoms with Gasteiger partial charge in [-0.1, -0.05) is 29.8 Å². The maximum absolute atomic E-state index is 12.5. The molecule has 0 saturated carbocycles. The number of benzene rings is 2. The number of hydrogen-bond acceptors (Lipinski definition) is 4. The van der Waals surface area contributed by atoms with E-state index in [0.29, 0.717) is 5.69 Å². The second kappa shape index (κ2) is 8.78. The Hall–Kier alpha value is -3.34. The fraction of sp³-hybridized carbons (Fsp3) is 0.250. The van der Waals surface area contributed by atoms with Gasteiger partial charge in [-0.3, -0.25) is 4.79 Å². The van der Waals surface area contributed by atoms with Crippen LogP contribution in [0.3, 0.4) is 0 Å². The minimum Gasteiger partial charge on any atom is -0.380 e. The predicted octanol–water partition coefficient (Wildman–Crippen LogP) is 4.85. The van der Waals surface area contributed by atoms with Crippen molar-refractivity contribution >= 4 is 23.0 Å². The smallest absolute Gasteiger partial charge is 0.274 e. The Labute approximate surface area is 171 Å². The number of anilines is 3. The van der Waals surface area contributed by atoms with Gasteiger partial charge in [0.15, 0.2) is 0 Å². The molecule has 3 aromatic rings. The van der Waals surface area contributed by atoms with Gasteiger partial charge in [-0.05, 0) is 61.7 Å². The van der Waals surface area contributed by atoms with Crippen LogP contribution >= 0.6 is 0 Å². The van der Waals surface area contributed by atoms with Gasteiger partial charge in [0.1, 0.15) is 5.69 Å². The SMILES string of the molecule is Cc1cccc(CNc2ccc(C(=O)Nc3ccc(N4CCCC4)cc3)nc2)c1. The summed E-state index contributed by atoms with van der Waals surface area (Å²) in [4.78, 5) is 19.2. The highest BCUT2D eigenvalue weighted by Gasteiger charge is 2.12. The highest BCUT2D eigenvalue weighted by molar-refractivity contribution is 6.03. The molecule has 0 atom stereocenters. The second-order valence-corrected chi connectivity index (χ2v) is 7.47. The fourth-order valence-corrected chi connectivity index (χ4v) is 3.59. The summed E-state index contributed by atoms with van der Waals surface area (Å²) >= 11 is 0. The molecule has 1 fully saturated rings. The van der Waals surface area contributed by atoms with Crippen molar-refractivity contribution in [3.05, 3.63) is 83.7 Å². The normalized spacial score (nSPS) is 13.3. The molecule has 1 aromatic heterocycles. The molecule has 5 nitrogen and oxygen atoms in total. The van der Waals surface area contributed by atoms with Crippen LogP contribution in [0.1, 0.15) is 34.5 Å². The van der Waals surface area contributed by atoms with E-state index in [1.165, 1.54) is 29.7 Å². The summed E-state index contributed by atoms with van der Waals surface area (Å²) in [7, 11) is 0. The summed E-state index contributed by atoms with van der Waals surface area (Å²) in [6.45, 7) is 5.02. The van der Waals surface area contributed by atoms with E-state index in [1.807, 2.05) is 18.2 Å². The topological polar surface area (TPSA) is 57.3 Å². The first-order valence-corrected chi connectivity index (χ1v) is 10.1. The largest absolute Gasteiger partial charge is 0.380 e. The van der Waals surface area contributed by atoms with E-state index >= 15 is 0 Å². The summed E-state index contributed by atoms with van der Waals surface area (Å²) in [5, 5.41) is 6.26. The third-order valence-electron chi connectivity index (χ3n) is 5.17. The first-order valence-electron chi connectivity index (χ1n) is 10.1. The van der Waals surface area contributed by atoms with Crippen molar-refractivity contribution < 1.29 is 4.79 Å². The molecule has 2 N–H and O–H groups in total. The zero-order chi connectivity index (χ0) is 20.1.